The highest BCUT2D eigenvalue weighted by atomic mass is 16.2. The highest BCUT2D eigenvalue weighted by molar-refractivity contribution is 5.78. The normalized spacial score (nSPS) is 13.4. The maximum atomic E-state index is 11.8. The largest absolute Gasteiger partial charge is 0.350 e. The SMILES string of the molecule is CC(C)C(NCC(=O)NC(C)(C)C)c1ccccc1. The van der Waals surface area contributed by atoms with Gasteiger partial charge in [-0.05, 0) is 32.3 Å². The second-order valence-corrected chi connectivity index (χ2v) is 6.31. The summed E-state index contributed by atoms with van der Waals surface area (Å²) in [6.45, 7) is 10.6. The first-order valence-electron chi connectivity index (χ1n) is 6.89. The molecule has 0 radical (unpaired) electrons. The molecule has 0 fully saturated rings. The number of carbonyl (C=O) groups excluding carboxylic acids is 1. The molecule has 0 spiro atoms. The van der Waals surface area contributed by atoms with E-state index < -0.39 is 0 Å². The molecule has 0 saturated heterocycles. The Morgan fingerprint density at radius 2 is 1.74 bits per heavy atom. The first-order chi connectivity index (χ1) is 8.79. The number of nitrogens with one attached hydrogen (secondary N) is 2. The monoisotopic (exact) mass is 262 g/mol. The van der Waals surface area contributed by atoms with Gasteiger partial charge in [0.1, 0.15) is 0 Å². The molecule has 2 N–H and O–H groups in total. The minimum Gasteiger partial charge on any atom is -0.350 e. The summed E-state index contributed by atoms with van der Waals surface area (Å²) in [5, 5.41) is 6.31. The molecular weight excluding hydrogens is 236 g/mol. The van der Waals surface area contributed by atoms with Crippen molar-refractivity contribution in [2.75, 3.05) is 6.54 Å². The summed E-state index contributed by atoms with van der Waals surface area (Å²) >= 11 is 0. The van der Waals surface area contributed by atoms with Gasteiger partial charge in [-0.25, -0.2) is 0 Å². The van der Waals surface area contributed by atoms with Gasteiger partial charge in [-0.15, -0.1) is 0 Å². The lowest BCUT2D eigenvalue weighted by Crippen LogP contribution is -2.45. The highest BCUT2D eigenvalue weighted by Gasteiger charge is 2.18. The van der Waals surface area contributed by atoms with Crippen molar-refractivity contribution in [2.45, 2.75) is 46.2 Å². The van der Waals surface area contributed by atoms with E-state index in [1.807, 2.05) is 39.0 Å². The lowest BCUT2D eigenvalue weighted by molar-refractivity contribution is -0.121. The van der Waals surface area contributed by atoms with Crippen LogP contribution in [0.5, 0.6) is 0 Å². The average Bonchev–Trinajstić information content (AvgIpc) is 2.27. The number of hydrogen-bond acceptors (Lipinski definition) is 2. The third-order valence-electron chi connectivity index (χ3n) is 2.82. The van der Waals surface area contributed by atoms with E-state index in [2.05, 4.69) is 36.6 Å². The van der Waals surface area contributed by atoms with Crippen LogP contribution in [0.4, 0.5) is 0 Å². The molecule has 1 unspecified atom stereocenters. The van der Waals surface area contributed by atoms with Crippen LogP contribution in [0.2, 0.25) is 0 Å². The fourth-order valence-corrected chi connectivity index (χ4v) is 2.06. The Bertz CT molecular complexity index is 393. The number of rotatable bonds is 5. The molecular formula is C16H26N2O. The first-order valence-corrected chi connectivity index (χ1v) is 6.89. The van der Waals surface area contributed by atoms with Crippen molar-refractivity contribution in [3.63, 3.8) is 0 Å². The van der Waals surface area contributed by atoms with Crippen LogP contribution in [-0.2, 0) is 4.79 Å². The van der Waals surface area contributed by atoms with Crippen molar-refractivity contribution in [3.8, 4) is 0 Å². The molecule has 1 aromatic rings. The van der Waals surface area contributed by atoms with Gasteiger partial charge in [-0.2, -0.15) is 0 Å². The summed E-state index contributed by atoms with van der Waals surface area (Å²) in [7, 11) is 0. The number of benzene rings is 1. The van der Waals surface area contributed by atoms with Gasteiger partial charge in [-0.1, -0.05) is 44.2 Å². The van der Waals surface area contributed by atoms with Crippen LogP contribution in [-0.4, -0.2) is 18.0 Å². The van der Waals surface area contributed by atoms with E-state index in [-0.39, 0.29) is 17.5 Å². The number of amides is 1. The van der Waals surface area contributed by atoms with E-state index in [1.54, 1.807) is 0 Å². The zero-order chi connectivity index (χ0) is 14.5. The summed E-state index contributed by atoms with van der Waals surface area (Å²) in [6, 6.07) is 10.5. The topological polar surface area (TPSA) is 41.1 Å². The quantitative estimate of drug-likeness (QED) is 0.856. The lowest BCUT2D eigenvalue weighted by Gasteiger charge is -2.25. The molecule has 0 aliphatic carbocycles. The molecule has 19 heavy (non-hydrogen) atoms. The van der Waals surface area contributed by atoms with E-state index in [1.165, 1.54) is 5.56 Å². The van der Waals surface area contributed by atoms with Crippen LogP contribution in [0, 0.1) is 5.92 Å². The van der Waals surface area contributed by atoms with Gasteiger partial charge in [0, 0.05) is 11.6 Å². The van der Waals surface area contributed by atoms with Gasteiger partial charge in [-0.3, -0.25) is 4.79 Å². The summed E-state index contributed by atoms with van der Waals surface area (Å²) in [6.07, 6.45) is 0. The summed E-state index contributed by atoms with van der Waals surface area (Å²) in [5.41, 5.74) is 1.04. The van der Waals surface area contributed by atoms with Crippen molar-refractivity contribution in [2.24, 2.45) is 5.92 Å². The van der Waals surface area contributed by atoms with E-state index >= 15 is 0 Å². The van der Waals surface area contributed by atoms with Crippen molar-refractivity contribution >= 4 is 5.91 Å². The second-order valence-electron chi connectivity index (χ2n) is 6.31. The molecule has 0 aromatic heterocycles. The molecule has 0 bridgehead atoms. The summed E-state index contributed by atoms with van der Waals surface area (Å²) in [4.78, 5) is 11.8. The van der Waals surface area contributed by atoms with Gasteiger partial charge >= 0.3 is 0 Å². The maximum Gasteiger partial charge on any atom is 0.234 e. The Balaban J connectivity index is 2.59. The maximum absolute atomic E-state index is 11.8. The lowest BCUT2D eigenvalue weighted by atomic mass is 9.96. The Morgan fingerprint density at radius 3 is 2.21 bits per heavy atom. The van der Waals surface area contributed by atoms with Crippen LogP contribution in [0.3, 0.4) is 0 Å². The van der Waals surface area contributed by atoms with Gasteiger partial charge in [0.05, 0.1) is 6.54 Å². The van der Waals surface area contributed by atoms with Crippen molar-refractivity contribution < 1.29 is 4.79 Å². The Morgan fingerprint density at radius 1 is 1.16 bits per heavy atom. The molecule has 1 amide bonds. The molecule has 1 aromatic carbocycles. The molecule has 1 atom stereocenters. The van der Waals surface area contributed by atoms with E-state index in [9.17, 15) is 4.79 Å². The third-order valence-corrected chi connectivity index (χ3v) is 2.82. The zero-order valence-electron chi connectivity index (χ0n) is 12.7. The Kier molecular flexibility index (Phi) is 5.55. The molecule has 0 heterocycles. The van der Waals surface area contributed by atoms with Gasteiger partial charge in [0.15, 0.2) is 0 Å². The molecule has 3 heteroatoms. The summed E-state index contributed by atoms with van der Waals surface area (Å²) in [5.74, 6) is 0.471. The molecule has 1 rings (SSSR count). The summed E-state index contributed by atoms with van der Waals surface area (Å²) < 4.78 is 0. The highest BCUT2D eigenvalue weighted by Crippen LogP contribution is 2.20. The van der Waals surface area contributed by atoms with Crippen molar-refractivity contribution in [3.05, 3.63) is 35.9 Å². The van der Waals surface area contributed by atoms with E-state index in [4.69, 9.17) is 0 Å². The Hall–Kier alpha value is -1.35. The fraction of sp³-hybridized carbons (Fsp3) is 0.562. The van der Waals surface area contributed by atoms with Crippen molar-refractivity contribution in [1.82, 2.24) is 10.6 Å². The number of carbonyl (C=O) groups is 1. The number of hydrogen-bond donors (Lipinski definition) is 2. The van der Waals surface area contributed by atoms with Gasteiger partial charge in [0.2, 0.25) is 5.91 Å². The predicted molar refractivity (Wildman–Crippen MR) is 79.9 cm³/mol. The van der Waals surface area contributed by atoms with Gasteiger partial charge < -0.3 is 10.6 Å². The predicted octanol–water partition coefficient (Wildman–Crippen LogP) is 2.89. The fourth-order valence-electron chi connectivity index (χ4n) is 2.06. The molecule has 106 valence electrons. The smallest absolute Gasteiger partial charge is 0.234 e. The standard InChI is InChI=1S/C16H26N2O/c1-12(2)15(13-9-7-6-8-10-13)17-11-14(19)18-16(3,4)5/h6-10,12,15,17H,11H2,1-5H3,(H,18,19). The first kappa shape index (κ1) is 15.7. The Labute approximate surface area is 116 Å². The molecule has 0 aliphatic rings. The molecule has 3 nitrogen and oxygen atoms in total. The van der Waals surface area contributed by atoms with Crippen LogP contribution < -0.4 is 10.6 Å². The van der Waals surface area contributed by atoms with Crippen LogP contribution >= 0.6 is 0 Å². The van der Waals surface area contributed by atoms with Crippen LogP contribution in [0.1, 0.15) is 46.2 Å². The third kappa shape index (κ3) is 5.88. The minimum atomic E-state index is -0.182. The van der Waals surface area contributed by atoms with E-state index in [0.29, 0.717) is 12.5 Å². The average molecular weight is 262 g/mol. The van der Waals surface area contributed by atoms with Crippen LogP contribution in [0.25, 0.3) is 0 Å². The van der Waals surface area contributed by atoms with Crippen molar-refractivity contribution in [1.29, 1.82) is 0 Å². The van der Waals surface area contributed by atoms with E-state index in [0.717, 1.165) is 0 Å². The minimum absolute atomic E-state index is 0.0362. The van der Waals surface area contributed by atoms with Gasteiger partial charge in [0.25, 0.3) is 0 Å². The second kappa shape index (κ2) is 6.71. The molecule has 0 saturated carbocycles. The zero-order valence-corrected chi connectivity index (χ0v) is 12.7. The van der Waals surface area contributed by atoms with Crippen LogP contribution in [0.15, 0.2) is 30.3 Å². The molecule has 0 aliphatic heterocycles.